The summed E-state index contributed by atoms with van der Waals surface area (Å²) >= 11 is 0. The third-order valence-electron chi connectivity index (χ3n) is 11.6. The standard InChI is InChI=1S/C54H34N2O2/c1-3-12-36(13-4-1)55(39-24-30-53-48(33-39)46-16-7-9-20-51(46)57-53)38-23-27-41-35(32-38)22-26-44-42-18-11-19-50(45(42)29-28-43(41)44)56(37-14-5-2-6-15-37)40-25-31-54-49(34-40)47-17-8-10-21-52(47)58-54/h1-34H. The minimum Gasteiger partial charge on any atom is -0.456 e. The molecule has 4 heteroatoms. The summed E-state index contributed by atoms with van der Waals surface area (Å²) in [6, 6.07) is 73.4. The summed E-state index contributed by atoms with van der Waals surface area (Å²) in [4.78, 5) is 4.70. The fourth-order valence-electron chi connectivity index (χ4n) is 8.95. The fraction of sp³-hybridized carbons (Fsp3) is 0. The van der Waals surface area contributed by atoms with Crippen molar-refractivity contribution in [1.82, 2.24) is 0 Å². The lowest BCUT2D eigenvalue weighted by Crippen LogP contribution is -2.10. The molecule has 0 fully saturated rings. The van der Waals surface area contributed by atoms with Crippen LogP contribution in [0.3, 0.4) is 0 Å². The van der Waals surface area contributed by atoms with Crippen molar-refractivity contribution >= 4 is 110 Å². The second-order valence-electron chi connectivity index (χ2n) is 14.9. The molecule has 0 aliphatic heterocycles. The average Bonchev–Trinajstić information content (AvgIpc) is 3.85. The van der Waals surface area contributed by atoms with Crippen molar-refractivity contribution in [1.29, 1.82) is 0 Å². The maximum Gasteiger partial charge on any atom is 0.135 e. The summed E-state index contributed by atoms with van der Waals surface area (Å²) in [6.45, 7) is 0. The Hall–Kier alpha value is -7.82. The van der Waals surface area contributed by atoms with Gasteiger partial charge in [0, 0.05) is 55.4 Å². The van der Waals surface area contributed by atoms with Crippen LogP contribution in [0.25, 0.3) is 76.2 Å². The zero-order chi connectivity index (χ0) is 38.2. The van der Waals surface area contributed by atoms with Gasteiger partial charge in [0.2, 0.25) is 0 Å². The molecule has 0 aliphatic rings. The Labute approximate surface area is 334 Å². The van der Waals surface area contributed by atoms with Gasteiger partial charge < -0.3 is 18.6 Å². The molecule has 0 spiro atoms. The van der Waals surface area contributed by atoms with E-state index in [1.54, 1.807) is 0 Å². The van der Waals surface area contributed by atoms with Crippen LogP contribution in [0, 0.1) is 0 Å². The molecule has 0 atom stereocenters. The third kappa shape index (κ3) is 5.09. The number of nitrogens with zero attached hydrogens (tertiary/aromatic N) is 2. The first-order valence-electron chi connectivity index (χ1n) is 19.7. The Bertz CT molecular complexity index is 3530. The molecule has 0 N–H and O–H groups in total. The number of hydrogen-bond donors (Lipinski definition) is 0. The Kier molecular flexibility index (Phi) is 7.20. The van der Waals surface area contributed by atoms with Crippen LogP contribution in [0.1, 0.15) is 0 Å². The van der Waals surface area contributed by atoms with E-state index < -0.39 is 0 Å². The van der Waals surface area contributed by atoms with Crippen LogP contribution in [0.2, 0.25) is 0 Å². The molecule has 2 heterocycles. The largest absolute Gasteiger partial charge is 0.456 e. The summed E-state index contributed by atoms with van der Waals surface area (Å²) < 4.78 is 12.4. The van der Waals surface area contributed by atoms with E-state index in [0.717, 1.165) is 78.0 Å². The molecule has 0 saturated carbocycles. The second-order valence-corrected chi connectivity index (χ2v) is 14.9. The topological polar surface area (TPSA) is 32.8 Å². The van der Waals surface area contributed by atoms with Crippen LogP contribution >= 0.6 is 0 Å². The van der Waals surface area contributed by atoms with Gasteiger partial charge in [0.25, 0.3) is 0 Å². The van der Waals surface area contributed by atoms with Crippen LogP contribution < -0.4 is 9.80 Å². The minimum atomic E-state index is 0.886. The quantitative estimate of drug-likeness (QED) is 0.159. The van der Waals surface area contributed by atoms with E-state index in [-0.39, 0.29) is 0 Å². The van der Waals surface area contributed by atoms with E-state index in [9.17, 15) is 0 Å². The lowest BCUT2D eigenvalue weighted by Gasteiger charge is -2.27. The molecule has 0 radical (unpaired) electrons. The third-order valence-corrected chi connectivity index (χ3v) is 11.6. The molecular formula is C54H34N2O2. The molecule has 2 aromatic heterocycles. The van der Waals surface area contributed by atoms with Crippen LogP contribution in [-0.2, 0) is 0 Å². The highest BCUT2D eigenvalue weighted by Gasteiger charge is 2.20. The van der Waals surface area contributed by atoms with Gasteiger partial charge in [-0.25, -0.2) is 0 Å². The molecule has 0 bridgehead atoms. The lowest BCUT2D eigenvalue weighted by molar-refractivity contribution is 0.668. The monoisotopic (exact) mass is 742 g/mol. The highest BCUT2D eigenvalue weighted by Crippen LogP contribution is 2.45. The first kappa shape index (κ1) is 32.4. The number of fused-ring (bicyclic) bond motifs is 11. The van der Waals surface area contributed by atoms with Gasteiger partial charge in [-0.1, -0.05) is 115 Å². The molecule has 12 aromatic rings. The van der Waals surface area contributed by atoms with Crippen molar-refractivity contribution in [2.75, 3.05) is 9.80 Å². The normalized spacial score (nSPS) is 11.8. The summed E-state index contributed by atoms with van der Waals surface area (Å²) in [5, 5.41) is 11.7. The van der Waals surface area contributed by atoms with Gasteiger partial charge in [-0.3, -0.25) is 0 Å². The molecule has 12 rings (SSSR count). The highest BCUT2D eigenvalue weighted by atomic mass is 16.3. The summed E-state index contributed by atoms with van der Waals surface area (Å²) in [7, 11) is 0. The summed E-state index contributed by atoms with van der Waals surface area (Å²) in [5.74, 6) is 0. The minimum absolute atomic E-state index is 0.886. The molecule has 10 aromatic carbocycles. The van der Waals surface area contributed by atoms with Crippen LogP contribution in [-0.4, -0.2) is 0 Å². The number of rotatable bonds is 6. The van der Waals surface area contributed by atoms with E-state index in [2.05, 4.69) is 192 Å². The molecule has 58 heavy (non-hydrogen) atoms. The van der Waals surface area contributed by atoms with Crippen molar-refractivity contribution in [3.8, 4) is 0 Å². The number of benzene rings is 10. The molecule has 0 unspecified atom stereocenters. The average molecular weight is 743 g/mol. The van der Waals surface area contributed by atoms with Gasteiger partial charge in [0.1, 0.15) is 22.3 Å². The number of hydrogen-bond acceptors (Lipinski definition) is 4. The second kappa shape index (κ2) is 12.9. The molecule has 272 valence electrons. The van der Waals surface area contributed by atoms with Crippen molar-refractivity contribution in [2.45, 2.75) is 0 Å². The van der Waals surface area contributed by atoms with Gasteiger partial charge in [-0.2, -0.15) is 0 Å². The van der Waals surface area contributed by atoms with E-state index in [0.29, 0.717) is 0 Å². The number of furan rings is 2. The van der Waals surface area contributed by atoms with Crippen LogP contribution in [0.5, 0.6) is 0 Å². The Morgan fingerprint density at radius 2 is 0.690 bits per heavy atom. The van der Waals surface area contributed by atoms with Crippen LogP contribution in [0.4, 0.5) is 34.1 Å². The van der Waals surface area contributed by atoms with Crippen molar-refractivity contribution in [3.05, 3.63) is 206 Å². The number of para-hydroxylation sites is 4. The van der Waals surface area contributed by atoms with E-state index in [4.69, 9.17) is 8.83 Å². The van der Waals surface area contributed by atoms with E-state index in [1.165, 1.54) is 32.3 Å². The fourth-order valence-corrected chi connectivity index (χ4v) is 8.95. The molecule has 0 aliphatic carbocycles. The Morgan fingerprint density at radius 3 is 1.36 bits per heavy atom. The Morgan fingerprint density at radius 1 is 0.241 bits per heavy atom. The van der Waals surface area contributed by atoms with Gasteiger partial charge in [0.05, 0.1) is 5.69 Å². The molecule has 0 amide bonds. The first-order valence-corrected chi connectivity index (χ1v) is 19.7. The Balaban J connectivity index is 1.00. The maximum absolute atomic E-state index is 6.22. The van der Waals surface area contributed by atoms with Gasteiger partial charge in [0.15, 0.2) is 0 Å². The first-order chi connectivity index (χ1) is 28.7. The van der Waals surface area contributed by atoms with Crippen molar-refractivity contribution in [2.24, 2.45) is 0 Å². The number of anilines is 6. The van der Waals surface area contributed by atoms with Crippen molar-refractivity contribution in [3.63, 3.8) is 0 Å². The zero-order valence-corrected chi connectivity index (χ0v) is 31.3. The van der Waals surface area contributed by atoms with Crippen LogP contribution in [0.15, 0.2) is 215 Å². The molecule has 4 nitrogen and oxygen atoms in total. The van der Waals surface area contributed by atoms with Gasteiger partial charge in [-0.05, 0) is 118 Å². The zero-order valence-electron chi connectivity index (χ0n) is 31.3. The highest BCUT2D eigenvalue weighted by molar-refractivity contribution is 6.20. The summed E-state index contributed by atoms with van der Waals surface area (Å²) in [6.07, 6.45) is 0. The maximum atomic E-state index is 6.22. The van der Waals surface area contributed by atoms with E-state index in [1.807, 2.05) is 24.3 Å². The van der Waals surface area contributed by atoms with Gasteiger partial charge >= 0.3 is 0 Å². The van der Waals surface area contributed by atoms with E-state index >= 15 is 0 Å². The smallest absolute Gasteiger partial charge is 0.135 e. The lowest BCUT2D eigenvalue weighted by atomic mass is 9.95. The predicted molar refractivity (Wildman–Crippen MR) is 243 cm³/mol. The molecule has 0 saturated heterocycles. The summed E-state index contributed by atoms with van der Waals surface area (Å²) in [5.41, 5.74) is 10.1. The van der Waals surface area contributed by atoms with Crippen molar-refractivity contribution < 1.29 is 8.83 Å². The SMILES string of the molecule is c1ccc(N(c2ccc3c(ccc4c5cccc(N(c6ccccc6)c6ccc7oc8ccccc8c7c6)c5ccc34)c2)c2ccc3oc4ccccc4c3c2)cc1. The predicted octanol–water partition coefficient (Wildman–Crippen LogP) is 15.9. The molecular weight excluding hydrogens is 709 g/mol. The van der Waals surface area contributed by atoms with Gasteiger partial charge in [-0.15, -0.1) is 0 Å².